The van der Waals surface area contributed by atoms with Crippen LogP contribution >= 0.6 is 0 Å². The van der Waals surface area contributed by atoms with E-state index in [0.29, 0.717) is 12.8 Å². The Balaban J connectivity index is 2.23. The van der Waals surface area contributed by atoms with Crippen molar-refractivity contribution >= 4 is 53.4 Å². The number of nitrogens with two attached hydrogens (primary N) is 1. The third-order valence-corrected chi connectivity index (χ3v) is 9.02. The first-order valence-electron chi connectivity index (χ1n) is 17.6. The maximum absolute atomic E-state index is 13.6. The molecule has 20 nitrogen and oxygen atoms in total. The number of carboxylic acid groups (broad SMARTS) is 3. The van der Waals surface area contributed by atoms with Gasteiger partial charge < -0.3 is 57.2 Å². The molecule has 0 spiro atoms. The van der Waals surface area contributed by atoms with Crippen LogP contribution in [0.1, 0.15) is 79.6 Å². The molecule has 0 saturated carbocycles. The van der Waals surface area contributed by atoms with Crippen molar-refractivity contribution in [2.45, 2.75) is 128 Å². The molecule has 10 N–H and O–H groups in total. The summed E-state index contributed by atoms with van der Waals surface area (Å²) >= 11 is 0. The second-order valence-corrected chi connectivity index (χ2v) is 14.2. The molecule has 53 heavy (non-hydrogen) atoms. The number of nitrogens with one attached hydrogen (secondary N) is 4. The first-order valence-corrected chi connectivity index (χ1v) is 17.6. The van der Waals surface area contributed by atoms with E-state index in [1.54, 1.807) is 13.8 Å². The number of carboxylic acids is 3. The number of aliphatic hydroxyl groups is 1. The lowest BCUT2D eigenvalue weighted by Gasteiger charge is -2.31. The maximum atomic E-state index is 13.6. The Kier molecular flexibility index (Phi) is 16.6. The maximum Gasteiger partial charge on any atom is 0.326 e. The van der Waals surface area contributed by atoms with E-state index < -0.39 is 121 Å². The van der Waals surface area contributed by atoms with Gasteiger partial charge in [0, 0.05) is 13.1 Å². The van der Waals surface area contributed by atoms with E-state index in [4.69, 9.17) is 5.73 Å². The van der Waals surface area contributed by atoms with Crippen molar-refractivity contribution in [2.24, 2.45) is 17.6 Å². The fraction of sp³-hybridized carbons (Fsp3) is 0.727. The summed E-state index contributed by atoms with van der Waals surface area (Å²) < 4.78 is 0. The summed E-state index contributed by atoms with van der Waals surface area (Å²) in [6, 6.07) is -9.79. The van der Waals surface area contributed by atoms with Gasteiger partial charge in [-0.15, -0.1) is 0 Å². The highest BCUT2D eigenvalue weighted by Gasteiger charge is 2.42. The molecule has 8 atom stereocenters. The Morgan fingerprint density at radius 3 is 1.66 bits per heavy atom. The second kappa shape index (κ2) is 19.8. The van der Waals surface area contributed by atoms with E-state index in [0.717, 1.165) is 9.80 Å². The molecule has 2 fully saturated rings. The molecule has 8 unspecified atom stereocenters. The van der Waals surface area contributed by atoms with E-state index in [9.17, 15) is 63.6 Å². The molecule has 6 amide bonds. The number of carbonyl (C=O) groups is 9. The SMILES string of the molecule is CC(C)CC(N)C(=O)NC(CC(=O)O)C(=O)N1CCCC1C(=O)NC(C(=O)NC(CC(=O)O)C(=O)NC(C(=O)N1CCCC1C(=O)O)C(C)O)C(C)C. The smallest absolute Gasteiger partial charge is 0.326 e. The normalized spacial score (nSPS) is 20.5. The van der Waals surface area contributed by atoms with Crippen molar-refractivity contribution < 1.29 is 63.6 Å². The molecule has 0 bridgehead atoms. The molecule has 2 saturated heterocycles. The first-order chi connectivity index (χ1) is 24.7. The highest BCUT2D eigenvalue weighted by Crippen LogP contribution is 2.21. The van der Waals surface area contributed by atoms with Gasteiger partial charge in [0.05, 0.1) is 25.0 Å². The zero-order chi connectivity index (χ0) is 40.3. The number of likely N-dealkylation sites (tertiary alicyclic amines) is 2. The fourth-order valence-corrected chi connectivity index (χ4v) is 6.31. The molecule has 20 heteroatoms. The van der Waals surface area contributed by atoms with Crippen LogP contribution in [0.15, 0.2) is 0 Å². The van der Waals surface area contributed by atoms with Gasteiger partial charge in [-0.25, -0.2) is 4.79 Å². The van der Waals surface area contributed by atoms with Crippen LogP contribution in [0.4, 0.5) is 0 Å². The van der Waals surface area contributed by atoms with Gasteiger partial charge in [-0.1, -0.05) is 27.7 Å². The Hall–Kier alpha value is -4.85. The summed E-state index contributed by atoms with van der Waals surface area (Å²) in [5, 5.41) is 48.1. The summed E-state index contributed by atoms with van der Waals surface area (Å²) in [5.74, 6) is -10.3. The van der Waals surface area contributed by atoms with Crippen LogP contribution in [0.2, 0.25) is 0 Å². The summed E-state index contributed by atoms with van der Waals surface area (Å²) in [7, 11) is 0. The van der Waals surface area contributed by atoms with Gasteiger partial charge in [-0.05, 0) is 50.9 Å². The molecule has 298 valence electrons. The van der Waals surface area contributed by atoms with Crippen molar-refractivity contribution in [2.75, 3.05) is 13.1 Å². The Morgan fingerprint density at radius 2 is 1.17 bits per heavy atom. The van der Waals surface area contributed by atoms with Gasteiger partial charge >= 0.3 is 17.9 Å². The minimum atomic E-state index is -1.81. The number of aliphatic hydroxyl groups excluding tert-OH is 1. The van der Waals surface area contributed by atoms with Gasteiger partial charge in [-0.3, -0.25) is 38.4 Å². The highest BCUT2D eigenvalue weighted by molar-refractivity contribution is 5.98. The number of amides is 6. The number of aliphatic carboxylic acids is 3. The Bertz CT molecular complexity index is 1400. The summed E-state index contributed by atoms with van der Waals surface area (Å²) in [6.45, 7) is 8.00. The molecule has 2 aliphatic rings. The van der Waals surface area contributed by atoms with Crippen LogP contribution in [0.5, 0.6) is 0 Å². The summed E-state index contributed by atoms with van der Waals surface area (Å²) in [5.41, 5.74) is 5.92. The fourth-order valence-electron chi connectivity index (χ4n) is 6.31. The minimum absolute atomic E-state index is 0.0359. The van der Waals surface area contributed by atoms with E-state index in [2.05, 4.69) is 21.3 Å². The standard InChI is InChI=1S/C33H53N7O13/c1-15(2)12-18(34)27(46)36-20(14-24(44)45)31(50)39-10-6-8-21(39)29(48)37-25(16(3)4)30(49)35-19(13-23(42)43)28(47)38-26(17(5)41)32(51)40-11-7-9-22(40)33(52)53/h15-22,25-26,41H,6-14,34H2,1-5H3,(H,35,49)(H,36,46)(H,37,48)(H,38,47)(H,42,43)(H,44,45)(H,52,53). The van der Waals surface area contributed by atoms with Crippen molar-refractivity contribution in [1.82, 2.24) is 31.1 Å². The van der Waals surface area contributed by atoms with Gasteiger partial charge in [0.1, 0.15) is 36.3 Å². The lowest BCUT2D eigenvalue weighted by Crippen LogP contribution is -2.61. The Labute approximate surface area is 306 Å². The average molecular weight is 756 g/mol. The van der Waals surface area contributed by atoms with Crippen LogP contribution in [0, 0.1) is 11.8 Å². The van der Waals surface area contributed by atoms with Crippen LogP contribution in [-0.2, 0) is 43.2 Å². The molecule has 2 rings (SSSR count). The van der Waals surface area contributed by atoms with Crippen molar-refractivity contribution in [3.05, 3.63) is 0 Å². The zero-order valence-corrected chi connectivity index (χ0v) is 30.6. The highest BCUT2D eigenvalue weighted by atomic mass is 16.4. The monoisotopic (exact) mass is 755 g/mol. The molecule has 0 aromatic rings. The third-order valence-electron chi connectivity index (χ3n) is 9.02. The lowest BCUT2D eigenvalue weighted by molar-refractivity contribution is -0.151. The quantitative estimate of drug-likeness (QED) is 0.0651. The molecule has 0 aliphatic carbocycles. The Morgan fingerprint density at radius 1 is 0.660 bits per heavy atom. The third kappa shape index (κ3) is 12.7. The van der Waals surface area contributed by atoms with Gasteiger partial charge in [-0.2, -0.15) is 0 Å². The average Bonchev–Trinajstić information content (AvgIpc) is 3.74. The lowest BCUT2D eigenvalue weighted by atomic mass is 10.0. The molecule has 0 aromatic heterocycles. The van der Waals surface area contributed by atoms with Crippen LogP contribution in [0.3, 0.4) is 0 Å². The number of hydrogen-bond donors (Lipinski definition) is 9. The van der Waals surface area contributed by atoms with Crippen molar-refractivity contribution in [3.63, 3.8) is 0 Å². The van der Waals surface area contributed by atoms with Crippen molar-refractivity contribution in [3.8, 4) is 0 Å². The van der Waals surface area contributed by atoms with Crippen LogP contribution in [0.25, 0.3) is 0 Å². The minimum Gasteiger partial charge on any atom is -0.481 e. The zero-order valence-electron chi connectivity index (χ0n) is 30.6. The van der Waals surface area contributed by atoms with Gasteiger partial charge in [0.15, 0.2) is 0 Å². The van der Waals surface area contributed by atoms with Gasteiger partial charge in [0.2, 0.25) is 35.4 Å². The number of hydrogen-bond acceptors (Lipinski definition) is 11. The molecular weight excluding hydrogens is 702 g/mol. The van der Waals surface area contributed by atoms with E-state index in [-0.39, 0.29) is 38.3 Å². The summed E-state index contributed by atoms with van der Waals surface area (Å²) in [4.78, 5) is 117. The van der Waals surface area contributed by atoms with Crippen molar-refractivity contribution in [1.29, 1.82) is 0 Å². The van der Waals surface area contributed by atoms with Crippen LogP contribution in [-0.4, -0.2) is 145 Å². The number of nitrogens with zero attached hydrogens (tertiary/aromatic N) is 2. The summed E-state index contributed by atoms with van der Waals surface area (Å²) in [6.07, 6.45) is -2.05. The first kappa shape index (κ1) is 44.3. The number of rotatable bonds is 19. The van der Waals surface area contributed by atoms with Crippen LogP contribution < -0.4 is 27.0 Å². The molecule has 2 heterocycles. The predicted molar refractivity (Wildman–Crippen MR) is 183 cm³/mol. The van der Waals surface area contributed by atoms with E-state index >= 15 is 0 Å². The topological polar surface area (TPSA) is 315 Å². The molecule has 2 aliphatic heterocycles. The molecular formula is C33H53N7O13. The number of carbonyl (C=O) groups excluding carboxylic acids is 6. The largest absolute Gasteiger partial charge is 0.481 e. The van der Waals surface area contributed by atoms with Gasteiger partial charge in [0.25, 0.3) is 0 Å². The second-order valence-electron chi connectivity index (χ2n) is 14.2. The molecule has 0 radical (unpaired) electrons. The van der Waals surface area contributed by atoms with E-state index in [1.165, 1.54) is 6.92 Å². The predicted octanol–water partition coefficient (Wildman–Crippen LogP) is -2.65. The molecule has 0 aromatic carbocycles. The van der Waals surface area contributed by atoms with E-state index in [1.807, 2.05) is 13.8 Å².